The van der Waals surface area contributed by atoms with Crippen LogP contribution in [0.5, 0.6) is 0 Å². The van der Waals surface area contributed by atoms with Gasteiger partial charge in [0.15, 0.2) is 5.69 Å². The van der Waals surface area contributed by atoms with E-state index in [0.717, 1.165) is 24.4 Å². The predicted molar refractivity (Wildman–Crippen MR) is 82.5 cm³/mol. The van der Waals surface area contributed by atoms with Crippen LogP contribution in [0.25, 0.3) is 0 Å². The predicted octanol–water partition coefficient (Wildman–Crippen LogP) is 0.871. The second-order valence-corrected chi connectivity index (χ2v) is 6.07. The van der Waals surface area contributed by atoms with E-state index in [0.29, 0.717) is 10.9 Å². The zero-order valence-electron chi connectivity index (χ0n) is 12.7. The Morgan fingerprint density at radius 3 is 2.78 bits per heavy atom. The molecule has 1 atom stereocenters. The Morgan fingerprint density at radius 1 is 1.35 bits per heavy atom. The highest BCUT2D eigenvalue weighted by Gasteiger charge is 2.26. The molecule has 2 aromatic rings. The molecule has 122 valence electrons. The van der Waals surface area contributed by atoms with Gasteiger partial charge in [-0.25, -0.2) is 4.98 Å². The second-order valence-electron chi connectivity index (χ2n) is 5.04. The summed E-state index contributed by atoms with van der Waals surface area (Å²) < 4.78 is 5.09. The number of nitrogens with zero attached hydrogens (tertiary/aromatic N) is 3. The van der Waals surface area contributed by atoms with Gasteiger partial charge in [-0.2, -0.15) is 0 Å². The fraction of sp³-hybridized carbons (Fsp3) is 0.462. The minimum Gasteiger partial charge on any atom is -0.417 e. The van der Waals surface area contributed by atoms with Crippen molar-refractivity contribution in [2.45, 2.75) is 25.8 Å². The molecule has 1 saturated heterocycles. The third kappa shape index (κ3) is 3.22. The summed E-state index contributed by atoms with van der Waals surface area (Å²) >= 11 is 1.27. The lowest BCUT2D eigenvalue weighted by Crippen LogP contribution is -2.21. The number of hydrogen-bond acceptors (Lipinski definition) is 8. The largest absolute Gasteiger partial charge is 0.417 e. The molecule has 0 bridgehead atoms. The molecule has 3 N–H and O–H groups in total. The van der Waals surface area contributed by atoms with Crippen LogP contribution in [-0.2, 0) is 0 Å². The number of anilines is 1. The summed E-state index contributed by atoms with van der Waals surface area (Å²) in [4.78, 5) is 28.5. The molecule has 0 saturated carbocycles. The highest BCUT2D eigenvalue weighted by molar-refractivity contribution is 7.16. The number of aromatic nitrogens is 3. The maximum absolute atomic E-state index is 12.1. The van der Waals surface area contributed by atoms with Gasteiger partial charge in [-0.15, -0.1) is 10.2 Å². The summed E-state index contributed by atoms with van der Waals surface area (Å²) in [6.45, 7) is 2.51. The van der Waals surface area contributed by atoms with E-state index >= 15 is 0 Å². The van der Waals surface area contributed by atoms with Crippen molar-refractivity contribution in [1.82, 2.24) is 25.8 Å². The van der Waals surface area contributed by atoms with Crippen molar-refractivity contribution in [1.29, 1.82) is 0 Å². The first-order valence-corrected chi connectivity index (χ1v) is 7.97. The van der Waals surface area contributed by atoms with Crippen molar-refractivity contribution in [2.75, 3.05) is 18.9 Å². The van der Waals surface area contributed by atoms with Crippen molar-refractivity contribution in [3.8, 4) is 0 Å². The minimum atomic E-state index is -0.565. The van der Waals surface area contributed by atoms with E-state index < -0.39 is 5.91 Å². The number of amides is 2. The smallest absolute Gasteiger partial charge is 0.313 e. The standard InChI is InChI=1S/C13H16N6O3S/c1-6-18-19-11(22-6)10(21)17-13-8(9(20)14-2)16-12(23-13)7-4-3-5-15-7/h7,15H,3-5H2,1-2H3,(H,14,20)(H,17,21)/t7-/m1/s1. The van der Waals surface area contributed by atoms with Crippen LogP contribution in [-0.4, -0.2) is 40.6 Å². The van der Waals surface area contributed by atoms with Gasteiger partial charge in [-0.3, -0.25) is 9.59 Å². The van der Waals surface area contributed by atoms with E-state index in [1.54, 1.807) is 6.92 Å². The maximum atomic E-state index is 12.1. The van der Waals surface area contributed by atoms with Crippen LogP contribution in [0.4, 0.5) is 5.00 Å². The first-order chi connectivity index (χ1) is 11.1. The Hall–Kier alpha value is -2.33. The van der Waals surface area contributed by atoms with Gasteiger partial charge in [0, 0.05) is 14.0 Å². The van der Waals surface area contributed by atoms with E-state index in [1.807, 2.05) is 0 Å². The molecule has 1 aliphatic rings. The van der Waals surface area contributed by atoms with Gasteiger partial charge in [0.1, 0.15) is 10.0 Å². The Morgan fingerprint density at radius 2 is 2.17 bits per heavy atom. The van der Waals surface area contributed by atoms with Gasteiger partial charge in [0.25, 0.3) is 5.91 Å². The number of carbonyl (C=O) groups is 2. The van der Waals surface area contributed by atoms with E-state index in [2.05, 4.69) is 31.1 Å². The van der Waals surface area contributed by atoms with Crippen molar-refractivity contribution in [3.63, 3.8) is 0 Å². The van der Waals surface area contributed by atoms with Crippen molar-refractivity contribution in [2.24, 2.45) is 0 Å². The molecule has 23 heavy (non-hydrogen) atoms. The number of rotatable bonds is 4. The van der Waals surface area contributed by atoms with Crippen LogP contribution in [0, 0.1) is 6.92 Å². The fourth-order valence-electron chi connectivity index (χ4n) is 2.28. The lowest BCUT2D eigenvalue weighted by molar-refractivity contribution is 0.0959. The van der Waals surface area contributed by atoms with Gasteiger partial charge in [0.05, 0.1) is 6.04 Å². The molecule has 0 aliphatic carbocycles. The summed E-state index contributed by atoms with van der Waals surface area (Å²) in [7, 11) is 1.52. The van der Waals surface area contributed by atoms with Gasteiger partial charge >= 0.3 is 11.8 Å². The van der Waals surface area contributed by atoms with Gasteiger partial charge in [0.2, 0.25) is 5.89 Å². The summed E-state index contributed by atoms with van der Waals surface area (Å²) in [5.74, 6) is -0.783. The summed E-state index contributed by atoms with van der Waals surface area (Å²) in [6.07, 6.45) is 2.01. The molecular weight excluding hydrogens is 320 g/mol. The molecule has 0 aromatic carbocycles. The van der Waals surface area contributed by atoms with Crippen molar-refractivity contribution >= 4 is 28.2 Å². The lowest BCUT2D eigenvalue weighted by Gasteiger charge is -2.04. The molecule has 0 spiro atoms. The van der Waals surface area contributed by atoms with Gasteiger partial charge in [-0.05, 0) is 19.4 Å². The Kier molecular flexibility index (Phi) is 4.35. The number of carbonyl (C=O) groups excluding carboxylic acids is 2. The molecule has 3 rings (SSSR count). The lowest BCUT2D eigenvalue weighted by atomic mass is 10.2. The molecule has 10 heteroatoms. The first kappa shape index (κ1) is 15.6. The zero-order chi connectivity index (χ0) is 16.4. The van der Waals surface area contributed by atoms with Crippen LogP contribution in [0.3, 0.4) is 0 Å². The topological polar surface area (TPSA) is 122 Å². The molecule has 2 amide bonds. The SMILES string of the molecule is CNC(=O)c1nc([C@H]2CCCN2)sc1NC(=O)c1nnc(C)o1. The summed E-state index contributed by atoms with van der Waals surface area (Å²) in [5, 5.41) is 16.9. The first-order valence-electron chi connectivity index (χ1n) is 7.16. The molecule has 1 aliphatic heterocycles. The average Bonchev–Trinajstić information content (AvgIpc) is 3.25. The molecule has 3 heterocycles. The van der Waals surface area contributed by atoms with Crippen LogP contribution >= 0.6 is 11.3 Å². The normalized spacial score (nSPS) is 17.2. The minimum absolute atomic E-state index is 0.111. The Bertz CT molecular complexity index is 734. The monoisotopic (exact) mass is 336 g/mol. The molecule has 9 nitrogen and oxygen atoms in total. The van der Waals surface area contributed by atoms with Crippen LogP contribution in [0.1, 0.15) is 51.0 Å². The third-order valence-electron chi connectivity index (χ3n) is 3.39. The van der Waals surface area contributed by atoms with Crippen LogP contribution in [0.15, 0.2) is 4.42 Å². The van der Waals surface area contributed by atoms with E-state index in [9.17, 15) is 9.59 Å². The maximum Gasteiger partial charge on any atom is 0.313 e. The van der Waals surface area contributed by atoms with E-state index in [1.165, 1.54) is 18.4 Å². The number of thiazole rings is 1. The molecule has 0 radical (unpaired) electrons. The van der Waals surface area contributed by atoms with Gasteiger partial charge < -0.3 is 20.4 Å². The van der Waals surface area contributed by atoms with Crippen molar-refractivity contribution < 1.29 is 14.0 Å². The molecular formula is C13H16N6O3S. The van der Waals surface area contributed by atoms with E-state index in [-0.39, 0.29) is 23.5 Å². The fourth-order valence-corrected chi connectivity index (χ4v) is 3.35. The molecule has 0 unspecified atom stereocenters. The zero-order valence-corrected chi connectivity index (χ0v) is 13.5. The number of nitrogens with one attached hydrogen (secondary N) is 3. The average molecular weight is 336 g/mol. The third-order valence-corrected chi connectivity index (χ3v) is 4.48. The number of aryl methyl sites for hydroxylation is 1. The van der Waals surface area contributed by atoms with Crippen LogP contribution in [0.2, 0.25) is 0 Å². The van der Waals surface area contributed by atoms with Gasteiger partial charge in [-0.1, -0.05) is 11.3 Å². The highest BCUT2D eigenvalue weighted by Crippen LogP contribution is 2.32. The summed E-state index contributed by atoms with van der Waals surface area (Å²) in [5.41, 5.74) is 0.186. The number of hydrogen-bond donors (Lipinski definition) is 3. The highest BCUT2D eigenvalue weighted by atomic mass is 32.1. The van der Waals surface area contributed by atoms with Crippen LogP contribution < -0.4 is 16.0 Å². The quantitative estimate of drug-likeness (QED) is 0.757. The Labute approximate surface area is 135 Å². The van der Waals surface area contributed by atoms with E-state index in [4.69, 9.17) is 4.42 Å². The molecule has 2 aromatic heterocycles. The molecule has 1 fully saturated rings. The Balaban J connectivity index is 1.86. The van der Waals surface area contributed by atoms with Crippen molar-refractivity contribution in [3.05, 3.63) is 22.5 Å². The second kappa shape index (κ2) is 6.42. The summed E-state index contributed by atoms with van der Waals surface area (Å²) in [6, 6.07) is 0.111.